The van der Waals surface area contributed by atoms with Crippen LogP contribution in [0.3, 0.4) is 0 Å². The second-order valence-electron chi connectivity index (χ2n) is 4.72. The van der Waals surface area contributed by atoms with Gasteiger partial charge in [0.25, 0.3) is 0 Å². The summed E-state index contributed by atoms with van der Waals surface area (Å²) in [5.41, 5.74) is 2.71. The number of nitrogens with one attached hydrogen (secondary N) is 1. The van der Waals surface area contributed by atoms with Gasteiger partial charge in [-0.15, -0.1) is 0 Å². The van der Waals surface area contributed by atoms with Crippen molar-refractivity contribution in [3.63, 3.8) is 0 Å². The third kappa shape index (κ3) is 3.60. The van der Waals surface area contributed by atoms with Crippen LogP contribution in [0.5, 0.6) is 0 Å². The molecular formula is C15H16ClNO2S. The molecule has 0 atom stereocenters. The molecule has 0 saturated heterocycles. The quantitative estimate of drug-likeness (QED) is 0.940. The molecule has 1 N–H and O–H groups in total. The van der Waals surface area contributed by atoms with Crippen molar-refractivity contribution >= 4 is 21.6 Å². The lowest BCUT2D eigenvalue weighted by atomic mass is 10.1. The number of benzene rings is 2. The zero-order chi connectivity index (χ0) is 14.8. The smallest absolute Gasteiger partial charge is 0.207 e. The first-order valence-corrected chi connectivity index (χ1v) is 8.06. The topological polar surface area (TPSA) is 46.2 Å². The molecule has 5 heteroatoms. The second kappa shape index (κ2) is 5.95. The van der Waals surface area contributed by atoms with Crippen LogP contribution in [0.1, 0.15) is 16.7 Å². The normalized spacial score (nSPS) is 11.6. The van der Waals surface area contributed by atoms with Gasteiger partial charge in [-0.1, -0.05) is 35.9 Å². The van der Waals surface area contributed by atoms with Crippen molar-refractivity contribution in [1.82, 2.24) is 4.72 Å². The summed E-state index contributed by atoms with van der Waals surface area (Å²) in [6, 6.07) is 12.3. The van der Waals surface area contributed by atoms with E-state index < -0.39 is 10.0 Å². The van der Waals surface area contributed by atoms with Crippen LogP contribution in [0.25, 0.3) is 0 Å². The van der Waals surface area contributed by atoms with Gasteiger partial charge in [-0.05, 0) is 48.7 Å². The molecule has 0 radical (unpaired) electrons. The summed E-state index contributed by atoms with van der Waals surface area (Å²) in [6.45, 7) is 3.98. The summed E-state index contributed by atoms with van der Waals surface area (Å²) in [5, 5.41) is 0.636. The molecule has 2 rings (SSSR count). The van der Waals surface area contributed by atoms with E-state index in [2.05, 4.69) is 4.72 Å². The second-order valence-corrected chi connectivity index (χ2v) is 6.90. The van der Waals surface area contributed by atoms with Gasteiger partial charge in [-0.2, -0.15) is 0 Å². The molecule has 2 aromatic carbocycles. The molecule has 0 spiro atoms. The molecule has 0 aliphatic carbocycles. The van der Waals surface area contributed by atoms with Crippen LogP contribution >= 0.6 is 11.6 Å². The predicted molar refractivity (Wildman–Crippen MR) is 81.4 cm³/mol. The molecule has 0 fully saturated rings. The zero-order valence-electron chi connectivity index (χ0n) is 11.4. The van der Waals surface area contributed by atoms with Crippen molar-refractivity contribution in [1.29, 1.82) is 0 Å². The fourth-order valence-corrected chi connectivity index (χ4v) is 3.12. The Morgan fingerprint density at radius 2 is 1.85 bits per heavy atom. The van der Waals surface area contributed by atoms with Gasteiger partial charge in [0, 0.05) is 11.6 Å². The number of halogens is 1. The van der Waals surface area contributed by atoms with Crippen LogP contribution in [-0.4, -0.2) is 8.42 Å². The summed E-state index contributed by atoms with van der Waals surface area (Å²) < 4.78 is 26.9. The first kappa shape index (κ1) is 15.0. The molecule has 0 aromatic heterocycles. The molecule has 0 aliphatic heterocycles. The number of sulfonamides is 1. The number of hydrogen-bond acceptors (Lipinski definition) is 2. The van der Waals surface area contributed by atoms with E-state index in [1.54, 1.807) is 24.3 Å². The largest absolute Gasteiger partial charge is 0.240 e. The lowest BCUT2D eigenvalue weighted by Crippen LogP contribution is -2.23. The number of rotatable bonds is 4. The van der Waals surface area contributed by atoms with Crippen LogP contribution in [0, 0.1) is 13.8 Å². The molecular weight excluding hydrogens is 294 g/mol. The molecule has 0 amide bonds. The third-order valence-electron chi connectivity index (χ3n) is 3.00. The molecule has 0 unspecified atom stereocenters. The molecule has 0 saturated carbocycles. The van der Waals surface area contributed by atoms with Crippen LogP contribution in [0.15, 0.2) is 47.4 Å². The minimum Gasteiger partial charge on any atom is -0.207 e. The van der Waals surface area contributed by atoms with E-state index in [4.69, 9.17) is 11.6 Å². The Morgan fingerprint density at radius 1 is 1.10 bits per heavy atom. The minimum absolute atomic E-state index is 0.219. The monoisotopic (exact) mass is 309 g/mol. The van der Waals surface area contributed by atoms with Gasteiger partial charge in [0.15, 0.2) is 0 Å². The maximum absolute atomic E-state index is 12.2. The van der Waals surface area contributed by atoms with E-state index in [0.717, 1.165) is 16.7 Å². The van der Waals surface area contributed by atoms with E-state index >= 15 is 0 Å². The Morgan fingerprint density at radius 3 is 2.50 bits per heavy atom. The zero-order valence-corrected chi connectivity index (χ0v) is 12.9. The summed E-state index contributed by atoms with van der Waals surface area (Å²) in [6.07, 6.45) is 0. The van der Waals surface area contributed by atoms with Crippen molar-refractivity contribution in [2.24, 2.45) is 0 Å². The molecule has 106 valence electrons. The van der Waals surface area contributed by atoms with Gasteiger partial charge in [-0.25, -0.2) is 13.1 Å². The van der Waals surface area contributed by atoms with Crippen molar-refractivity contribution in [3.05, 3.63) is 64.2 Å². The first-order chi connectivity index (χ1) is 9.38. The van der Waals surface area contributed by atoms with Gasteiger partial charge in [0.1, 0.15) is 0 Å². The third-order valence-corrected chi connectivity index (χ3v) is 4.81. The van der Waals surface area contributed by atoms with Crippen molar-refractivity contribution in [3.8, 4) is 0 Å². The average molecular weight is 310 g/mol. The van der Waals surface area contributed by atoms with Gasteiger partial charge in [-0.3, -0.25) is 0 Å². The number of aryl methyl sites for hydroxylation is 2. The van der Waals surface area contributed by atoms with Crippen LogP contribution in [0.2, 0.25) is 5.02 Å². The van der Waals surface area contributed by atoms with Gasteiger partial charge in [0.05, 0.1) is 4.90 Å². The summed E-state index contributed by atoms with van der Waals surface area (Å²) in [4.78, 5) is 0.274. The molecule has 20 heavy (non-hydrogen) atoms. The number of hydrogen-bond donors (Lipinski definition) is 1. The fraction of sp³-hybridized carbons (Fsp3) is 0.200. The summed E-state index contributed by atoms with van der Waals surface area (Å²) in [5.74, 6) is 0. The van der Waals surface area contributed by atoms with E-state index in [9.17, 15) is 8.42 Å². The summed E-state index contributed by atoms with van der Waals surface area (Å²) in [7, 11) is -3.50. The van der Waals surface area contributed by atoms with Crippen molar-refractivity contribution in [2.45, 2.75) is 25.3 Å². The van der Waals surface area contributed by atoms with E-state index in [0.29, 0.717) is 5.02 Å². The Bertz CT molecular complexity index is 726. The molecule has 0 aliphatic rings. The van der Waals surface area contributed by atoms with Crippen molar-refractivity contribution in [2.75, 3.05) is 0 Å². The van der Waals surface area contributed by atoms with Gasteiger partial charge in [0.2, 0.25) is 10.0 Å². The SMILES string of the molecule is Cc1cccc(S(=O)(=O)NCc2ccc(C)c(Cl)c2)c1. The van der Waals surface area contributed by atoms with Gasteiger partial charge < -0.3 is 0 Å². The Hall–Kier alpha value is -1.36. The average Bonchev–Trinajstić information content (AvgIpc) is 2.40. The first-order valence-electron chi connectivity index (χ1n) is 6.20. The predicted octanol–water partition coefficient (Wildman–Crippen LogP) is 3.44. The fourth-order valence-electron chi connectivity index (χ4n) is 1.79. The maximum Gasteiger partial charge on any atom is 0.240 e. The minimum atomic E-state index is -3.50. The highest BCUT2D eigenvalue weighted by Crippen LogP contribution is 2.17. The lowest BCUT2D eigenvalue weighted by Gasteiger charge is -2.08. The highest BCUT2D eigenvalue weighted by atomic mass is 35.5. The highest BCUT2D eigenvalue weighted by molar-refractivity contribution is 7.89. The Kier molecular flexibility index (Phi) is 4.48. The summed E-state index contributed by atoms with van der Waals surface area (Å²) >= 11 is 6.02. The molecule has 0 heterocycles. The van der Waals surface area contributed by atoms with Gasteiger partial charge >= 0.3 is 0 Å². The standard InChI is InChI=1S/C15H16ClNO2S/c1-11-4-3-5-14(8-11)20(18,19)17-10-13-7-6-12(2)15(16)9-13/h3-9,17H,10H2,1-2H3. The Labute approximate surface area is 124 Å². The van der Waals surface area contributed by atoms with Crippen LogP contribution in [0.4, 0.5) is 0 Å². The molecule has 3 nitrogen and oxygen atoms in total. The highest BCUT2D eigenvalue weighted by Gasteiger charge is 2.13. The van der Waals surface area contributed by atoms with Crippen LogP contribution in [-0.2, 0) is 16.6 Å². The Balaban J connectivity index is 2.15. The van der Waals surface area contributed by atoms with E-state index in [-0.39, 0.29) is 11.4 Å². The lowest BCUT2D eigenvalue weighted by molar-refractivity contribution is 0.581. The van der Waals surface area contributed by atoms with Crippen molar-refractivity contribution < 1.29 is 8.42 Å². The molecule has 2 aromatic rings. The van der Waals surface area contributed by atoms with E-state index in [1.165, 1.54) is 0 Å². The van der Waals surface area contributed by atoms with E-state index in [1.807, 2.05) is 32.0 Å². The maximum atomic E-state index is 12.2. The van der Waals surface area contributed by atoms with Crippen LogP contribution < -0.4 is 4.72 Å². The molecule has 0 bridgehead atoms.